The van der Waals surface area contributed by atoms with E-state index in [1.165, 1.54) is 38.5 Å². The van der Waals surface area contributed by atoms with Gasteiger partial charge in [0.15, 0.2) is 0 Å². The molecule has 1 saturated carbocycles. The van der Waals surface area contributed by atoms with E-state index in [-0.39, 0.29) is 0 Å². The molecule has 1 rings (SSSR count). The Hall–Kier alpha value is 0.250. The molecule has 0 heterocycles. The summed E-state index contributed by atoms with van der Waals surface area (Å²) in [4.78, 5) is 0. The number of hydrogen-bond donors (Lipinski definition) is 1. The van der Waals surface area contributed by atoms with Crippen LogP contribution >= 0.6 is 11.6 Å². The highest BCUT2D eigenvalue weighted by atomic mass is 35.5. The molecule has 0 aromatic heterocycles. The smallest absolute Gasteiger partial charge is 0.0238 e. The Labute approximate surface area is 106 Å². The van der Waals surface area contributed by atoms with Gasteiger partial charge in [-0.2, -0.15) is 0 Å². The first kappa shape index (κ1) is 14.3. The Kier molecular flexibility index (Phi) is 6.13. The summed E-state index contributed by atoms with van der Waals surface area (Å²) in [6.45, 7) is 6.94. The minimum atomic E-state index is 0.321. The van der Waals surface area contributed by atoms with Gasteiger partial charge in [-0.05, 0) is 24.7 Å². The molecule has 0 aliphatic heterocycles. The summed E-state index contributed by atoms with van der Waals surface area (Å²) >= 11 is 5.91. The van der Waals surface area contributed by atoms with Crippen molar-refractivity contribution in [3.63, 3.8) is 0 Å². The summed E-state index contributed by atoms with van der Waals surface area (Å²) in [6.07, 6.45) is 9.44. The third-order valence-electron chi connectivity index (χ3n) is 3.74. The lowest BCUT2D eigenvalue weighted by atomic mass is 9.84. The molecule has 0 spiro atoms. The van der Waals surface area contributed by atoms with Gasteiger partial charge in [0.25, 0.3) is 0 Å². The molecule has 1 unspecified atom stereocenters. The van der Waals surface area contributed by atoms with Crippen molar-refractivity contribution in [1.29, 1.82) is 0 Å². The third-order valence-corrected chi connectivity index (χ3v) is 3.95. The van der Waals surface area contributed by atoms with Crippen LogP contribution in [-0.2, 0) is 0 Å². The zero-order valence-electron chi connectivity index (χ0n) is 11.2. The molecule has 0 radical (unpaired) electrons. The minimum Gasteiger partial charge on any atom is -0.311 e. The van der Waals surface area contributed by atoms with E-state index in [1.807, 2.05) is 0 Å². The quantitative estimate of drug-likeness (QED) is 0.574. The van der Waals surface area contributed by atoms with Crippen LogP contribution in [0.15, 0.2) is 0 Å². The van der Waals surface area contributed by atoms with E-state index in [2.05, 4.69) is 26.1 Å². The molecule has 1 aliphatic carbocycles. The van der Waals surface area contributed by atoms with E-state index in [0.29, 0.717) is 11.5 Å². The first-order chi connectivity index (χ1) is 7.54. The molecular weight excluding hydrogens is 218 g/mol. The fourth-order valence-corrected chi connectivity index (χ4v) is 2.82. The lowest BCUT2D eigenvalue weighted by molar-refractivity contribution is 0.232. The molecule has 1 aliphatic rings. The van der Waals surface area contributed by atoms with Crippen molar-refractivity contribution < 1.29 is 0 Å². The van der Waals surface area contributed by atoms with E-state index in [0.717, 1.165) is 18.3 Å². The van der Waals surface area contributed by atoms with Gasteiger partial charge in [0, 0.05) is 18.0 Å². The van der Waals surface area contributed by atoms with E-state index in [4.69, 9.17) is 11.6 Å². The molecular formula is C14H28ClN. The van der Waals surface area contributed by atoms with Crippen LogP contribution in [0.25, 0.3) is 0 Å². The second-order valence-electron chi connectivity index (χ2n) is 6.25. The van der Waals surface area contributed by atoms with Crippen LogP contribution in [0.4, 0.5) is 0 Å². The Bertz CT molecular complexity index is 178. The van der Waals surface area contributed by atoms with Crippen molar-refractivity contribution in [2.75, 3.05) is 5.88 Å². The molecule has 96 valence electrons. The molecule has 1 nitrogen and oxygen atoms in total. The van der Waals surface area contributed by atoms with Gasteiger partial charge in [-0.3, -0.25) is 0 Å². The highest BCUT2D eigenvalue weighted by molar-refractivity contribution is 6.17. The first-order valence-electron chi connectivity index (χ1n) is 6.86. The average Bonchev–Trinajstić information content (AvgIpc) is 2.44. The fraction of sp³-hybridized carbons (Fsp3) is 1.00. The van der Waals surface area contributed by atoms with E-state index in [9.17, 15) is 0 Å². The van der Waals surface area contributed by atoms with Gasteiger partial charge in [0.1, 0.15) is 0 Å². The number of rotatable bonds is 4. The SMILES string of the molecule is CC(C)(C)C(CCCl)NC1CCCCCC1. The lowest BCUT2D eigenvalue weighted by Gasteiger charge is -2.34. The van der Waals surface area contributed by atoms with E-state index in [1.54, 1.807) is 0 Å². The number of halogens is 1. The average molecular weight is 246 g/mol. The molecule has 0 bridgehead atoms. The van der Waals surface area contributed by atoms with Crippen molar-refractivity contribution in [3.05, 3.63) is 0 Å². The Balaban J connectivity index is 2.46. The van der Waals surface area contributed by atoms with Gasteiger partial charge in [-0.15, -0.1) is 11.6 Å². The molecule has 0 aromatic carbocycles. The maximum absolute atomic E-state index is 5.91. The molecule has 16 heavy (non-hydrogen) atoms. The van der Waals surface area contributed by atoms with Crippen LogP contribution in [-0.4, -0.2) is 18.0 Å². The maximum Gasteiger partial charge on any atom is 0.0238 e. The largest absolute Gasteiger partial charge is 0.311 e. The van der Waals surface area contributed by atoms with E-state index >= 15 is 0 Å². The Morgan fingerprint density at radius 3 is 2.12 bits per heavy atom. The predicted octanol–water partition coefficient (Wildman–Crippen LogP) is 4.34. The minimum absolute atomic E-state index is 0.321. The highest BCUT2D eigenvalue weighted by Gasteiger charge is 2.26. The first-order valence-corrected chi connectivity index (χ1v) is 7.39. The van der Waals surface area contributed by atoms with E-state index < -0.39 is 0 Å². The van der Waals surface area contributed by atoms with Crippen molar-refractivity contribution in [2.45, 2.75) is 77.8 Å². The van der Waals surface area contributed by atoms with Crippen LogP contribution in [0.1, 0.15) is 65.7 Å². The molecule has 0 amide bonds. The summed E-state index contributed by atoms with van der Waals surface area (Å²) in [5.74, 6) is 0.766. The second-order valence-corrected chi connectivity index (χ2v) is 6.63. The number of hydrogen-bond acceptors (Lipinski definition) is 1. The summed E-state index contributed by atoms with van der Waals surface area (Å²) in [7, 11) is 0. The van der Waals surface area contributed by atoms with Crippen molar-refractivity contribution in [2.24, 2.45) is 5.41 Å². The van der Waals surface area contributed by atoms with Crippen LogP contribution in [0.5, 0.6) is 0 Å². The predicted molar refractivity (Wildman–Crippen MR) is 73.2 cm³/mol. The molecule has 1 fully saturated rings. The molecule has 0 saturated heterocycles. The van der Waals surface area contributed by atoms with Crippen molar-refractivity contribution in [1.82, 2.24) is 5.32 Å². The zero-order chi connectivity index (χ0) is 12.0. The summed E-state index contributed by atoms with van der Waals surface area (Å²) in [5, 5.41) is 3.85. The monoisotopic (exact) mass is 245 g/mol. The van der Waals surface area contributed by atoms with Crippen LogP contribution in [0, 0.1) is 5.41 Å². The number of alkyl halides is 1. The van der Waals surface area contributed by atoms with Gasteiger partial charge < -0.3 is 5.32 Å². The highest BCUT2D eigenvalue weighted by Crippen LogP contribution is 2.25. The van der Waals surface area contributed by atoms with Gasteiger partial charge in [-0.25, -0.2) is 0 Å². The van der Waals surface area contributed by atoms with Crippen LogP contribution in [0.3, 0.4) is 0 Å². The van der Waals surface area contributed by atoms with Gasteiger partial charge in [0.2, 0.25) is 0 Å². The third kappa shape index (κ3) is 5.05. The molecule has 0 aromatic rings. The van der Waals surface area contributed by atoms with Gasteiger partial charge in [-0.1, -0.05) is 46.5 Å². The van der Waals surface area contributed by atoms with Crippen molar-refractivity contribution >= 4 is 11.6 Å². The molecule has 1 atom stereocenters. The normalized spacial score (nSPS) is 21.8. The fourth-order valence-electron chi connectivity index (χ4n) is 2.61. The summed E-state index contributed by atoms with van der Waals surface area (Å²) < 4.78 is 0. The van der Waals surface area contributed by atoms with Crippen molar-refractivity contribution in [3.8, 4) is 0 Å². The topological polar surface area (TPSA) is 12.0 Å². The standard InChI is InChI=1S/C14H28ClN/c1-14(2,3)13(10-11-15)16-12-8-6-4-5-7-9-12/h12-13,16H,4-11H2,1-3H3. The zero-order valence-corrected chi connectivity index (χ0v) is 11.9. The Morgan fingerprint density at radius 2 is 1.69 bits per heavy atom. The maximum atomic E-state index is 5.91. The van der Waals surface area contributed by atoms with Crippen LogP contribution < -0.4 is 5.32 Å². The summed E-state index contributed by atoms with van der Waals surface area (Å²) in [5.41, 5.74) is 0.321. The van der Waals surface area contributed by atoms with Crippen LogP contribution in [0.2, 0.25) is 0 Å². The lowest BCUT2D eigenvalue weighted by Crippen LogP contribution is -2.46. The van der Waals surface area contributed by atoms with Gasteiger partial charge in [0.05, 0.1) is 0 Å². The molecule has 2 heteroatoms. The Morgan fingerprint density at radius 1 is 1.12 bits per heavy atom. The summed E-state index contributed by atoms with van der Waals surface area (Å²) in [6, 6.07) is 1.29. The van der Waals surface area contributed by atoms with Gasteiger partial charge >= 0.3 is 0 Å². The molecule has 1 N–H and O–H groups in total. The second kappa shape index (κ2) is 6.86. The number of nitrogens with one attached hydrogen (secondary N) is 1.